The molecule has 1 aliphatic rings. The van der Waals surface area contributed by atoms with E-state index in [2.05, 4.69) is 15.3 Å². The topological polar surface area (TPSA) is 83.6 Å². The smallest absolute Gasteiger partial charge is 0.276 e. The number of hydrogen-bond donors (Lipinski definition) is 2. The fourth-order valence-corrected chi connectivity index (χ4v) is 3.28. The Morgan fingerprint density at radius 2 is 2.00 bits per heavy atom. The SMILES string of the molecule is CN(C1=N/C(=C\c2ccc3ncsc3c2)C(=O)N1)c1ccc(N)cc1. The van der Waals surface area contributed by atoms with E-state index in [1.807, 2.05) is 59.9 Å². The Morgan fingerprint density at radius 1 is 1.20 bits per heavy atom. The van der Waals surface area contributed by atoms with Crippen LogP contribution >= 0.6 is 11.3 Å². The Labute approximate surface area is 148 Å². The number of nitrogens with one attached hydrogen (secondary N) is 1. The number of aliphatic imine (C=N–C) groups is 1. The van der Waals surface area contributed by atoms with Gasteiger partial charge in [-0.2, -0.15) is 0 Å². The first-order valence-electron chi connectivity index (χ1n) is 7.64. The lowest BCUT2D eigenvalue weighted by Gasteiger charge is -2.18. The molecule has 25 heavy (non-hydrogen) atoms. The summed E-state index contributed by atoms with van der Waals surface area (Å²) < 4.78 is 1.08. The summed E-state index contributed by atoms with van der Waals surface area (Å²) in [6.45, 7) is 0. The molecule has 1 amide bonds. The zero-order valence-corrected chi connectivity index (χ0v) is 14.2. The quantitative estimate of drug-likeness (QED) is 0.550. The Hall–Kier alpha value is -3.19. The number of fused-ring (bicyclic) bond motifs is 1. The molecule has 0 spiro atoms. The van der Waals surface area contributed by atoms with Crippen molar-refractivity contribution in [2.45, 2.75) is 0 Å². The first-order valence-corrected chi connectivity index (χ1v) is 8.52. The second kappa shape index (κ2) is 6.03. The van der Waals surface area contributed by atoms with Crippen LogP contribution in [-0.2, 0) is 4.79 Å². The third-order valence-corrected chi connectivity index (χ3v) is 4.73. The van der Waals surface area contributed by atoms with Gasteiger partial charge >= 0.3 is 0 Å². The van der Waals surface area contributed by atoms with Crippen molar-refractivity contribution in [3.8, 4) is 0 Å². The minimum atomic E-state index is -0.221. The number of thiazole rings is 1. The van der Waals surface area contributed by atoms with Crippen LogP contribution < -0.4 is 16.0 Å². The second-order valence-corrected chi connectivity index (χ2v) is 6.54. The predicted octanol–water partition coefficient (Wildman–Crippen LogP) is 2.84. The van der Waals surface area contributed by atoms with E-state index < -0.39 is 0 Å². The van der Waals surface area contributed by atoms with E-state index in [9.17, 15) is 4.79 Å². The number of rotatable bonds is 2. The van der Waals surface area contributed by atoms with Gasteiger partial charge in [0.2, 0.25) is 5.96 Å². The molecule has 0 unspecified atom stereocenters. The van der Waals surface area contributed by atoms with E-state index >= 15 is 0 Å². The van der Waals surface area contributed by atoms with Crippen LogP contribution in [0.1, 0.15) is 5.56 Å². The van der Waals surface area contributed by atoms with Crippen LogP contribution in [0.5, 0.6) is 0 Å². The number of carbonyl (C=O) groups is 1. The number of anilines is 2. The van der Waals surface area contributed by atoms with Crippen LogP contribution in [0, 0.1) is 0 Å². The highest BCUT2D eigenvalue weighted by Gasteiger charge is 2.23. The fourth-order valence-electron chi connectivity index (χ4n) is 2.55. The van der Waals surface area contributed by atoms with Crippen molar-refractivity contribution in [3.63, 3.8) is 0 Å². The summed E-state index contributed by atoms with van der Waals surface area (Å²) in [4.78, 5) is 22.7. The van der Waals surface area contributed by atoms with Gasteiger partial charge in [-0.25, -0.2) is 9.98 Å². The summed E-state index contributed by atoms with van der Waals surface area (Å²) >= 11 is 1.57. The van der Waals surface area contributed by atoms with Gasteiger partial charge in [-0.15, -0.1) is 11.3 Å². The maximum atomic E-state index is 12.2. The van der Waals surface area contributed by atoms with Crippen LogP contribution in [0.3, 0.4) is 0 Å². The number of carbonyl (C=O) groups excluding carboxylic acids is 1. The van der Waals surface area contributed by atoms with E-state index in [4.69, 9.17) is 5.73 Å². The van der Waals surface area contributed by atoms with Crippen molar-refractivity contribution in [2.24, 2.45) is 4.99 Å². The lowest BCUT2D eigenvalue weighted by Crippen LogP contribution is -2.37. The van der Waals surface area contributed by atoms with Gasteiger partial charge in [0.05, 0.1) is 15.7 Å². The van der Waals surface area contributed by atoms with Crippen molar-refractivity contribution < 1.29 is 4.79 Å². The second-order valence-electron chi connectivity index (χ2n) is 5.65. The van der Waals surface area contributed by atoms with Crippen molar-refractivity contribution in [1.29, 1.82) is 0 Å². The van der Waals surface area contributed by atoms with E-state index in [0.717, 1.165) is 21.5 Å². The van der Waals surface area contributed by atoms with Crippen molar-refractivity contribution in [3.05, 3.63) is 59.2 Å². The first-order chi connectivity index (χ1) is 12.1. The number of hydrogen-bond acceptors (Lipinski definition) is 6. The van der Waals surface area contributed by atoms with E-state index in [-0.39, 0.29) is 5.91 Å². The lowest BCUT2D eigenvalue weighted by atomic mass is 10.2. The number of benzene rings is 2. The molecule has 0 atom stereocenters. The van der Waals surface area contributed by atoms with Gasteiger partial charge in [-0.05, 0) is 48.0 Å². The molecule has 0 aliphatic carbocycles. The minimum absolute atomic E-state index is 0.221. The Balaban J connectivity index is 1.63. The van der Waals surface area contributed by atoms with Gasteiger partial charge in [0.1, 0.15) is 5.70 Å². The van der Waals surface area contributed by atoms with Crippen LogP contribution in [0.4, 0.5) is 11.4 Å². The standard InChI is InChI=1S/C18H15N5OS/c1-23(13-5-3-12(19)4-6-13)18-21-15(17(24)22-18)8-11-2-7-14-16(9-11)25-10-20-14/h2-10H,19H2,1H3,(H,21,22,24)/b15-8-. The maximum Gasteiger partial charge on any atom is 0.276 e. The molecule has 4 rings (SSSR count). The van der Waals surface area contributed by atoms with Gasteiger partial charge in [-0.1, -0.05) is 6.07 Å². The molecular weight excluding hydrogens is 334 g/mol. The minimum Gasteiger partial charge on any atom is -0.399 e. The third kappa shape index (κ3) is 2.97. The lowest BCUT2D eigenvalue weighted by molar-refractivity contribution is -0.115. The molecule has 2 aromatic carbocycles. The number of guanidine groups is 1. The van der Waals surface area contributed by atoms with E-state index in [0.29, 0.717) is 17.3 Å². The molecule has 1 aliphatic heterocycles. The zero-order chi connectivity index (χ0) is 17.4. The molecule has 1 aromatic heterocycles. The highest BCUT2D eigenvalue weighted by Crippen LogP contribution is 2.22. The molecule has 0 saturated heterocycles. The molecular formula is C18H15N5OS. The monoisotopic (exact) mass is 349 g/mol. The average Bonchev–Trinajstić information content (AvgIpc) is 3.21. The van der Waals surface area contributed by atoms with Crippen LogP contribution in [0.25, 0.3) is 16.3 Å². The van der Waals surface area contributed by atoms with Gasteiger partial charge in [0.25, 0.3) is 5.91 Å². The number of nitrogen functional groups attached to an aromatic ring is 1. The Kier molecular flexibility index (Phi) is 3.70. The van der Waals surface area contributed by atoms with E-state index in [1.54, 1.807) is 17.4 Å². The van der Waals surface area contributed by atoms with Crippen LogP contribution in [0.15, 0.2) is 58.7 Å². The molecule has 3 aromatic rings. The van der Waals surface area contributed by atoms with Crippen LogP contribution in [-0.4, -0.2) is 23.9 Å². The number of nitrogens with two attached hydrogens (primary N) is 1. The Bertz CT molecular complexity index is 1020. The normalized spacial score (nSPS) is 15.5. The summed E-state index contributed by atoms with van der Waals surface area (Å²) in [5.74, 6) is 0.265. The molecule has 0 saturated carbocycles. The van der Waals surface area contributed by atoms with Gasteiger partial charge < -0.3 is 10.6 Å². The van der Waals surface area contributed by atoms with Crippen molar-refractivity contribution in [2.75, 3.05) is 17.7 Å². The maximum absolute atomic E-state index is 12.2. The first kappa shape index (κ1) is 15.3. The van der Waals surface area contributed by atoms with E-state index in [1.165, 1.54) is 0 Å². The largest absolute Gasteiger partial charge is 0.399 e. The Morgan fingerprint density at radius 3 is 2.80 bits per heavy atom. The summed E-state index contributed by atoms with van der Waals surface area (Å²) in [5, 5.41) is 2.80. The molecule has 0 fully saturated rings. The highest BCUT2D eigenvalue weighted by atomic mass is 32.1. The summed E-state index contributed by atoms with van der Waals surface area (Å²) in [5.41, 5.74) is 11.3. The molecule has 7 heteroatoms. The van der Waals surface area contributed by atoms with Crippen molar-refractivity contribution >= 4 is 50.9 Å². The van der Waals surface area contributed by atoms with Crippen LogP contribution in [0.2, 0.25) is 0 Å². The van der Waals surface area contributed by atoms with Gasteiger partial charge in [-0.3, -0.25) is 10.1 Å². The third-order valence-electron chi connectivity index (χ3n) is 3.94. The molecule has 124 valence electrons. The number of amides is 1. The number of aromatic nitrogens is 1. The molecule has 2 heterocycles. The predicted molar refractivity (Wildman–Crippen MR) is 102 cm³/mol. The molecule has 3 N–H and O–H groups in total. The summed E-state index contributed by atoms with van der Waals surface area (Å²) in [6.07, 6.45) is 1.78. The molecule has 0 bridgehead atoms. The summed E-state index contributed by atoms with van der Waals surface area (Å²) in [6, 6.07) is 13.3. The zero-order valence-electron chi connectivity index (χ0n) is 13.4. The highest BCUT2D eigenvalue weighted by molar-refractivity contribution is 7.16. The molecule has 0 radical (unpaired) electrons. The average molecular weight is 349 g/mol. The van der Waals surface area contributed by atoms with Gasteiger partial charge in [0, 0.05) is 18.4 Å². The fraction of sp³-hybridized carbons (Fsp3) is 0.0556. The van der Waals surface area contributed by atoms with Gasteiger partial charge in [0.15, 0.2) is 0 Å². The number of nitrogens with zero attached hydrogens (tertiary/aromatic N) is 3. The summed E-state index contributed by atoms with van der Waals surface area (Å²) in [7, 11) is 1.84. The molecule has 6 nitrogen and oxygen atoms in total. The van der Waals surface area contributed by atoms with Crippen molar-refractivity contribution in [1.82, 2.24) is 10.3 Å².